The van der Waals surface area contributed by atoms with E-state index in [1.807, 2.05) is 0 Å². The predicted molar refractivity (Wildman–Crippen MR) is 130 cm³/mol. The topological polar surface area (TPSA) is 15.3 Å². The first-order chi connectivity index (χ1) is 14.8. The maximum Gasteiger partial charge on any atom is 0.0418 e. The molecule has 176 valence electrons. The second-order valence-corrected chi connectivity index (χ2v) is 14.2. The molecule has 2 spiro atoms. The minimum Gasteiger partial charge on any atom is -0.251 e. The van der Waals surface area contributed by atoms with Crippen molar-refractivity contribution in [2.45, 2.75) is 154 Å². The quantitative estimate of drug-likeness (QED) is 0.428. The lowest BCUT2D eigenvalue weighted by Gasteiger charge is -2.68. The molecule has 4 saturated carbocycles. The summed E-state index contributed by atoms with van der Waals surface area (Å²) >= 11 is 0. The number of rotatable bonds is 0. The number of nitrogens with one attached hydrogen (secondary N) is 1. The van der Waals surface area contributed by atoms with E-state index in [0.717, 1.165) is 12.0 Å². The van der Waals surface area contributed by atoms with Gasteiger partial charge in [-0.3, -0.25) is 5.43 Å². The third-order valence-electron chi connectivity index (χ3n) is 13.1. The van der Waals surface area contributed by atoms with Crippen LogP contribution in [0.25, 0.3) is 0 Å². The zero-order valence-electron chi connectivity index (χ0n) is 21.2. The van der Waals surface area contributed by atoms with E-state index < -0.39 is 0 Å². The zero-order valence-corrected chi connectivity index (χ0v) is 21.2. The molecule has 2 heteroatoms. The molecule has 31 heavy (non-hydrogen) atoms. The molecule has 3 heterocycles. The van der Waals surface area contributed by atoms with Crippen LogP contribution >= 0.6 is 0 Å². The van der Waals surface area contributed by atoms with Gasteiger partial charge in [0.1, 0.15) is 0 Å². The van der Waals surface area contributed by atoms with Gasteiger partial charge in [-0.25, -0.2) is 5.01 Å². The lowest BCUT2D eigenvalue weighted by molar-refractivity contribution is -0.198. The van der Waals surface area contributed by atoms with Crippen molar-refractivity contribution in [3.05, 3.63) is 0 Å². The first-order valence-electron chi connectivity index (χ1n) is 14.3. The van der Waals surface area contributed by atoms with Crippen LogP contribution in [0.1, 0.15) is 137 Å². The highest BCUT2D eigenvalue weighted by atomic mass is 15.6. The summed E-state index contributed by atoms with van der Waals surface area (Å²) in [5, 5.41) is 3.02. The Hall–Kier alpha value is -0.0800. The Balaban J connectivity index is 1.57. The highest BCUT2D eigenvalue weighted by molar-refractivity contribution is 5.22. The molecule has 3 saturated heterocycles. The van der Waals surface area contributed by atoms with E-state index in [2.05, 4.69) is 38.1 Å². The normalized spacial score (nSPS) is 56.1. The van der Waals surface area contributed by atoms with E-state index in [0.29, 0.717) is 33.2 Å². The maximum atomic E-state index is 4.35. The highest BCUT2D eigenvalue weighted by Gasteiger charge is 2.71. The molecule has 0 aromatic carbocycles. The Kier molecular flexibility index (Phi) is 4.82. The van der Waals surface area contributed by atoms with Gasteiger partial charge < -0.3 is 0 Å². The van der Waals surface area contributed by atoms with Crippen LogP contribution in [-0.2, 0) is 0 Å². The summed E-state index contributed by atoms with van der Waals surface area (Å²) < 4.78 is 0. The number of hydrogen-bond acceptors (Lipinski definition) is 2. The summed E-state index contributed by atoms with van der Waals surface area (Å²) in [6.45, 7) is 10.9. The van der Waals surface area contributed by atoms with E-state index in [4.69, 9.17) is 0 Å². The molecule has 5 bridgehead atoms. The molecule has 8 atom stereocenters. The first kappa shape index (κ1) is 21.5. The molecule has 0 radical (unpaired) electrons. The molecule has 7 fully saturated rings. The summed E-state index contributed by atoms with van der Waals surface area (Å²) in [5.74, 6) is 0.857. The second kappa shape index (κ2) is 6.97. The second-order valence-electron chi connectivity index (χ2n) is 14.2. The fourth-order valence-corrected chi connectivity index (χ4v) is 11.3. The van der Waals surface area contributed by atoms with Crippen molar-refractivity contribution in [3.63, 3.8) is 0 Å². The van der Waals surface area contributed by atoms with Gasteiger partial charge in [-0.05, 0) is 98.7 Å². The van der Waals surface area contributed by atoms with Crippen molar-refractivity contribution < 1.29 is 0 Å². The van der Waals surface area contributed by atoms with Crippen LogP contribution in [0.3, 0.4) is 0 Å². The van der Waals surface area contributed by atoms with Gasteiger partial charge in [0, 0.05) is 17.6 Å². The third-order valence-corrected chi connectivity index (χ3v) is 13.1. The molecule has 0 amide bonds. The summed E-state index contributed by atoms with van der Waals surface area (Å²) in [7, 11) is 0. The molecule has 2 nitrogen and oxygen atoms in total. The highest BCUT2D eigenvalue weighted by Crippen LogP contribution is 2.75. The summed E-state index contributed by atoms with van der Waals surface area (Å²) in [4.78, 5) is 0. The van der Waals surface area contributed by atoms with Crippen molar-refractivity contribution in [1.29, 1.82) is 0 Å². The van der Waals surface area contributed by atoms with Gasteiger partial charge in [-0.2, -0.15) is 0 Å². The lowest BCUT2D eigenvalue weighted by atomic mass is 9.40. The molecule has 8 unspecified atom stereocenters. The SMILES string of the molecule is CC1C2CC3(C)CCCC2NN1C1(CCCCCCC1)C12CCCC1(C)CC3(C)CC2. The van der Waals surface area contributed by atoms with Gasteiger partial charge in [-0.1, -0.05) is 65.7 Å². The van der Waals surface area contributed by atoms with Crippen LogP contribution in [-0.4, -0.2) is 22.6 Å². The van der Waals surface area contributed by atoms with Crippen molar-refractivity contribution >= 4 is 0 Å². The fraction of sp³-hybridized carbons (Fsp3) is 1.00. The van der Waals surface area contributed by atoms with Crippen LogP contribution in [0.5, 0.6) is 0 Å². The van der Waals surface area contributed by atoms with Crippen LogP contribution in [0.2, 0.25) is 0 Å². The van der Waals surface area contributed by atoms with Gasteiger partial charge in [0.15, 0.2) is 0 Å². The summed E-state index contributed by atoms with van der Waals surface area (Å²) in [5.41, 5.74) is 6.89. The Labute approximate surface area is 192 Å². The third kappa shape index (κ3) is 2.64. The Morgan fingerprint density at radius 2 is 1.39 bits per heavy atom. The molecule has 7 aliphatic rings. The minimum absolute atomic E-state index is 0.402. The van der Waals surface area contributed by atoms with Crippen LogP contribution in [0.15, 0.2) is 0 Å². The summed E-state index contributed by atoms with van der Waals surface area (Å²) in [6.07, 6.45) is 25.1. The van der Waals surface area contributed by atoms with Gasteiger partial charge >= 0.3 is 0 Å². The molecular weight excluding hydrogens is 376 g/mol. The monoisotopic (exact) mass is 426 g/mol. The van der Waals surface area contributed by atoms with E-state index >= 15 is 0 Å². The van der Waals surface area contributed by atoms with Crippen molar-refractivity contribution in [3.8, 4) is 0 Å². The number of nitrogens with zero attached hydrogens (tertiary/aromatic N) is 1. The Bertz CT molecular complexity index is 710. The largest absolute Gasteiger partial charge is 0.251 e. The smallest absolute Gasteiger partial charge is 0.0418 e. The van der Waals surface area contributed by atoms with E-state index in [9.17, 15) is 0 Å². The Morgan fingerprint density at radius 1 is 0.677 bits per heavy atom. The van der Waals surface area contributed by atoms with Gasteiger partial charge in [0.2, 0.25) is 0 Å². The first-order valence-corrected chi connectivity index (χ1v) is 14.3. The van der Waals surface area contributed by atoms with E-state index in [-0.39, 0.29) is 0 Å². The van der Waals surface area contributed by atoms with Crippen LogP contribution < -0.4 is 5.43 Å². The minimum atomic E-state index is 0.402. The van der Waals surface area contributed by atoms with E-state index in [1.165, 1.54) is 109 Å². The average molecular weight is 427 g/mol. The fourth-order valence-electron chi connectivity index (χ4n) is 11.3. The predicted octanol–water partition coefficient (Wildman–Crippen LogP) is 7.62. The van der Waals surface area contributed by atoms with Crippen molar-refractivity contribution in [1.82, 2.24) is 10.4 Å². The van der Waals surface area contributed by atoms with Crippen LogP contribution in [0.4, 0.5) is 0 Å². The number of hydrogen-bond donors (Lipinski definition) is 1. The number of fused-ring (bicyclic) bond motifs is 1. The molecule has 7 rings (SSSR count). The lowest BCUT2D eigenvalue weighted by Crippen LogP contribution is -2.70. The average Bonchev–Trinajstić information content (AvgIpc) is 3.12. The van der Waals surface area contributed by atoms with Gasteiger partial charge in [-0.15, -0.1) is 0 Å². The standard InChI is InChI=1S/C29H50N2/c1-22-23-20-25(2)13-10-12-24(23)30-31(22)29(16-8-6-5-7-9-17-29)28-15-11-14-27(28,4)21-26(25,3)18-19-28/h22-24,30H,5-21H2,1-4H3. The molecule has 1 N–H and O–H groups in total. The van der Waals surface area contributed by atoms with Crippen LogP contribution in [0, 0.1) is 27.6 Å². The van der Waals surface area contributed by atoms with Gasteiger partial charge in [0.05, 0.1) is 0 Å². The van der Waals surface area contributed by atoms with Crippen molar-refractivity contribution in [2.75, 3.05) is 0 Å². The van der Waals surface area contributed by atoms with Crippen molar-refractivity contribution in [2.24, 2.45) is 27.6 Å². The molecular formula is C29H50N2. The van der Waals surface area contributed by atoms with Gasteiger partial charge in [0.25, 0.3) is 0 Å². The Morgan fingerprint density at radius 3 is 2.16 bits per heavy atom. The number of hydrazine groups is 1. The van der Waals surface area contributed by atoms with E-state index in [1.54, 1.807) is 0 Å². The molecule has 0 aromatic heterocycles. The zero-order chi connectivity index (χ0) is 21.5. The molecule has 0 aromatic rings. The molecule has 4 aliphatic carbocycles. The molecule has 3 aliphatic heterocycles. The maximum absolute atomic E-state index is 4.35. The summed E-state index contributed by atoms with van der Waals surface area (Å²) in [6, 6.07) is 1.45.